The maximum Gasteiger partial charge on any atom is 0.142 e. The minimum atomic E-state index is 0.179. The van der Waals surface area contributed by atoms with Gasteiger partial charge in [-0.15, -0.1) is 0 Å². The van der Waals surface area contributed by atoms with Crippen molar-refractivity contribution < 1.29 is 0 Å². The lowest BCUT2D eigenvalue weighted by Crippen LogP contribution is -2.00. The standard InChI is InChI=1S/C17H11ClN4/c18-15-6-2-1-5-12(15)16-8-13(11-4-3-7-21-10-11)14(9-19)17(20)22-16/h1-8,10H,(H2,20,22). The molecule has 0 unspecified atom stereocenters. The molecule has 4 nitrogen and oxygen atoms in total. The zero-order valence-corrected chi connectivity index (χ0v) is 12.2. The molecule has 2 heterocycles. The maximum absolute atomic E-state index is 9.36. The summed E-state index contributed by atoms with van der Waals surface area (Å²) in [5, 5.41) is 9.94. The van der Waals surface area contributed by atoms with Crippen LogP contribution in [0.4, 0.5) is 5.82 Å². The summed E-state index contributed by atoms with van der Waals surface area (Å²) in [5.41, 5.74) is 9.19. The number of anilines is 1. The van der Waals surface area contributed by atoms with Gasteiger partial charge in [0.1, 0.15) is 17.5 Å². The number of rotatable bonds is 2. The summed E-state index contributed by atoms with van der Waals surface area (Å²) in [7, 11) is 0. The van der Waals surface area contributed by atoms with Gasteiger partial charge < -0.3 is 5.73 Å². The van der Waals surface area contributed by atoms with Crippen LogP contribution in [0.1, 0.15) is 5.56 Å². The monoisotopic (exact) mass is 306 g/mol. The van der Waals surface area contributed by atoms with Crippen LogP contribution < -0.4 is 5.73 Å². The number of nitrogen functional groups attached to an aromatic ring is 1. The number of hydrogen-bond donors (Lipinski definition) is 1. The minimum absolute atomic E-state index is 0.179. The first-order valence-electron chi connectivity index (χ1n) is 6.56. The van der Waals surface area contributed by atoms with Gasteiger partial charge in [-0.3, -0.25) is 4.98 Å². The molecular formula is C17H11ClN4. The van der Waals surface area contributed by atoms with Crippen LogP contribution in [0.15, 0.2) is 54.9 Å². The molecule has 0 amide bonds. The predicted molar refractivity (Wildman–Crippen MR) is 87.0 cm³/mol. The van der Waals surface area contributed by atoms with E-state index in [1.165, 1.54) is 0 Å². The fraction of sp³-hybridized carbons (Fsp3) is 0. The van der Waals surface area contributed by atoms with Crippen LogP contribution in [-0.2, 0) is 0 Å². The molecule has 0 aliphatic heterocycles. The average molecular weight is 307 g/mol. The Hall–Kier alpha value is -2.90. The molecule has 0 atom stereocenters. The Morgan fingerprint density at radius 3 is 2.59 bits per heavy atom. The highest BCUT2D eigenvalue weighted by Crippen LogP contribution is 2.33. The highest BCUT2D eigenvalue weighted by Gasteiger charge is 2.14. The van der Waals surface area contributed by atoms with Gasteiger partial charge in [-0.25, -0.2) is 4.98 Å². The molecule has 5 heteroatoms. The van der Waals surface area contributed by atoms with Crippen LogP contribution in [0.3, 0.4) is 0 Å². The second kappa shape index (κ2) is 5.84. The Kier molecular flexibility index (Phi) is 3.73. The van der Waals surface area contributed by atoms with E-state index in [4.69, 9.17) is 17.3 Å². The summed E-state index contributed by atoms with van der Waals surface area (Å²) in [6.07, 6.45) is 3.36. The third kappa shape index (κ3) is 2.50. The molecule has 106 valence electrons. The molecule has 2 aromatic heterocycles. The Bertz CT molecular complexity index is 870. The van der Waals surface area contributed by atoms with Gasteiger partial charge in [-0.05, 0) is 18.2 Å². The molecule has 0 radical (unpaired) electrons. The number of hydrogen-bond acceptors (Lipinski definition) is 4. The number of nitrogens with zero attached hydrogens (tertiary/aromatic N) is 3. The summed E-state index contributed by atoms with van der Waals surface area (Å²) < 4.78 is 0. The van der Waals surface area contributed by atoms with E-state index in [1.54, 1.807) is 18.5 Å². The largest absolute Gasteiger partial charge is 0.383 e. The smallest absolute Gasteiger partial charge is 0.142 e. The van der Waals surface area contributed by atoms with Gasteiger partial charge in [0.25, 0.3) is 0 Å². The van der Waals surface area contributed by atoms with E-state index in [0.29, 0.717) is 21.8 Å². The van der Waals surface area contributed by atoms with Gasteiger partial charge in [0.05, 0.1) is 5.69 Å². The third-order valence-corrected chi connectivity index (χ3v) is 3.61. The lowest BCUT2D eigenvalue weighted by molar-refractivity contribution is 1.29. The molecule has 2 N–H and O–H groups in total. The first kappa shape index (κ1) is 14.1. The van der Waals surface area contributed by atoms with E-state index in [0.717, 1.165) is 11.1 Å². The molecule has 0 spiro atoms. The van der Waals surface area contributed by atoms with Crippen molar-refractivity contribution >= 4 is 17.4 Å². The highest BCUT2D eigenvalue weighted by atomic mass is 35.5. The van der Waals surface area contributed by atoms with Gasteiger partial charge >= 0.3 is 0 Å². The Morgan fingerprint density at radius 2 is 1.91 bits per heavy atom. The number of halogens is 1. The lowest BCUT2D eigenvalue weighted by Gasteiger charge is -2.10. The number of pyridine rings is 2. The molecule has 0 aliphatic carbocycles. The zero-order chi connectivity index (χ0) is 15.5. The van der Waals surface area contributed by atoms with Crippen LogP contribution in [-0.4, -0.2) is 9.97 Å². The van der Waals surface area contributed by atoms with Crippen molar-refractivity contribution in [3.8, 4) is 28.5 Å². The topological polar surface area (TPSA) is 75.6 Å². The second-order valence-electron chi connectivity index (χ2n) is 4.65. The second-order valence-corrected chi connectivity index (χ2v) is 5.06. The van der Waals surface area contributed by atoms with E-state index in [1.807, 2.05) is 36.4 Å². The molecule has 3 rings (SSSR count). The number of nitriles is 1. The van der Waals surface area contributed by atoms with Gasteiger partial charge in [-0.2, -0.15) is 5.26 Å². The van der Waals surface area contributed by atoms with Gasteiger partial charge in [0, 0.05) is 34.1 Å². The van der Waals surface area contributed by atoms with Crippen LogP contribution >= 0.6 is 11.6 Å². The number of nitrogens with two attached hydrogens (primary N) is 1. The van der Waals surface area contributed by atoms with Crippen molar-refractivity contribution in [2.24, 2.45) is 0 Å². The molecule has 0 fully saturated rings. The number of aromatic nitrogens is 2. The van der Waals surface area contributed by atoms with Crippen molar-refractivity contribution in [3.63, 3.8) is 0 Å². The van der Waals surface area contributed by atoms with Crippen LogP contribution in [0.5, 0.6) is 0 Å². The fourth-order valence-electron chi connectivity index (χ4n) is 2.24. The summed E-state index contributed by atoms with van der Waals surface area (Å²) >= 11 is 6.22. The zero-order valence-electron chi connectivity index (χ0n) is 11.5. The van der Waals surface area contributed by atoms with E-state index < -0.39 is 0 Å². The van der Waals surface area contributed by atoms with Crippen molar-refractivity contribution in [3.05, 3.63) is 65.4 Å². The Morgan fingerprint density at radius 1 is 1.09 bits per heavy atom. The average Bonchev–Trinajstić information content (AvgIpc) is 2.55. The summed E-state index contributed by atoms with van der Waals surface area (Å²) in [6, 6.07) is 15.0. The van der Waals surface area contributed by atoms with Crippen LogP contribution in [0.2, 0.25) is 5.02 Å². The Balaban J connectivity index is 2.27. The quantitative estimate of drug-likeness (QED) is 0.778. The van der Waals surface area contributed by atoms with E-state index in [-0.39, 0.29) is 5.82 Å². The SMILES string of the molecule is N#Cc1c(-c2cccnc2)cc(-c2ccccc2Cl)nc1N. The van der Waals surface area contributed by atoms with Crippen molar-refractivity contribution in [1.82, 2.24) is 9.97 Å². The highest BCUT2D eigenvalue weighted by molar-refractivity contribution is 6.33. The van der Waals surface area contributed by atoms with Crippen molar-refractivity contribution in [2.75, 3.05) is 5.73 Å². The number of benzene rings is 1. The van der Waals surface area contributed by atoms with E-state index in [2.05, 4.69) is 16.0 Å². The molecule has 0 saturated heterocycles. The van der Waals surface area contributed by atoms with Crippen molar-refractivity contribution in [2.45, 2.75) is 0 Å². The third-order valence-electron chi connectivity index (χ3n) is 3.28. The van der Waals surface area contributed by atoms with E-state index >= 15 is 0 Å². The summed E-state index contributed by atoms with van der Waals surface area (Å²) in [6.45, 7) is 0. The van der Waals surface area contributed by atoms with Gasteiger partial charge in [-0.1, -0.05) is 35.9 Å². The van der Waals surface area contributed by atoms with Gasteiger partial charge in [0.2, 0.25) is 0 Å². The maximum atomic E-state index is 9.36. The fourth-order valence-corrected chi connectivity index (χ4v) is 2.47. The first-order chi connectivity index (χ1) is 10.7. The van der Waals surface area contributed by atoms with Crippen LogP contribution in [0, 0.1) is 11.3 Å². The van der Waals surface area contributed by atoms with E-state index in [9.17, 15) is 5.26 Å². The molecule has 0 bridgehead atoms. The van der Waals surface area contributed by atoms with Crippen LogP contribution in [0.25, 0.3) is 22.4 Å². The lowest BCUT2D eigenvalue weighted by atomic mass is 10.00. The minimum Gasteiger partial charge on any atom is -0.383 e. The Labute approximate surface area is 132 Å². The predicted octanol–water partition coefficient (Wildman–Crippen LogP) is 3.92. The molecule has 0 aliphatic rings. The molecule has 0 saturated carbocycles. The normalized spacial score (nSPS) is 10.2. The molecule has 1 aromatic carbocycles. The van der Waals surface area contributed by atoms with Crippen molar-refractivity contribution in [1.29, 1.82) is 5.26 Å². The molecule has 3 aromatic rings. The molecule has 22 heavy (non-hydrogen) atoms. The summed E-state index contributed by atoms with van der Waals surface area (Å²) in [5.74, 6) is 0.179. The summed E-state index contributed by atoms with van der Waals surface area (Å²) in [4.78, 5) is 8.40. The molecular weight excluding hydrogens is 296 g/mol. The van der Waals surface area contributed by atoms with Gasteiger partial charge in [0.15, 0.2) is 0 Å². The first-order valence-corrected chi connectivity index (χ1v) is 6.94.